The molecule has 0 atom stereocenters. The third-order valence-corrected chi connectivity index (χ3v) is 7.74. The van der Waals surface area contributed by atoms with Gasteiger partial charge in [0.05, 0.1) is 40.1 Å². The molecule has 0 spiro atoms. The van der Waals surface area contributed by atoms with Gasteiger partial charge in [-0.3, -0.25) is 0 Å². The van der Waals surface area contributed by atoms with Crippen LogP contribution in [-0.4, -0.2) is 22.9 Å². The summed E-state index contributed by atoms with van der Waals surface area (Å²) in [6.07, 6.45) is 0. The van der Waals surface area contributed by atoms with Crippen LogP contribution in [-0.2, 0) is 9.31 Å². The monoisotopic (exact) mass is 534 g/mol. The molecule has 5 aromatic carbocycles. The molecule has 1 fully saturated rings. The van der Waals surface area contributed by atoms with E-state index < -0.39 is 96.5 Å². The maximum Gasteiger partial charge on any atom is 0.497 e. The first-order valence-electron chi connectivity index (χ1n) is 17.5. The van der Waals surface area contributed by atoms with Gasteiger partial charge in [-0.2, -0.15) is 0 Å². The molecular weight excluding hydrogens is 497 g/mol. The molecule has 0 aliphatic carbocycles. The zero-order valence-corrected chi connectivity index (χ0v) is 20.8. The van der Waals surface area contributed by atoms with Gasteiger partial charge in [0.1, 0.15) is 0 Å². The summed E-state index contributed by atoms with van der Waals surface area (Å²) in [7, 11) is -1.27. The summed E-state index contributed by atoms with van der Waals surface area (Å²) in [5.74, 6) is 0. The molecule has 1 saturated heterocycles. The minimum Gasteiger partial charge on any atom is -0.399 e. The highest BCUT2D eigenvalue weighted by molar-refractivity contribution is 9.10. The number of nitrogens with zero attached hydrogens (tertiary/aromatic N) is 1. The van der Waals surface area contributed by atoms with Crippen molar-refractivity contribution in [3.8, 4) is 5.69 Å². The quantitative estimate of drug-likeness (QED) is 0.169. The molecule has 0 unspecified atom stereocenters. The van der Waals surface area contributed by atoms with Crippen molar-refractivity contribution in [2.45, 2.75) is 38.9 Å². The SMILES string of the molecule is [2H]c1c([2H])c([2H])c(-n2c3c([2H])c([2H])c([2H])c4c5c([2H])c([2H])c([2H])c([2H])c5c5c(Br)c([2H])c(B6OC(C)(C)C(C)(C)O6)c2c5c43)c([2H])c1[2H]. The molecule has 0 bridgehead atoms. The number of hydrogen-bond donors (Lipinski definition) is 0. The largest absolute Gasteiger partial charge is 0.497 e. The van der Waals surface area contributed by atoms with Crippen molar-refractivity contribution in [1.29, 1.82) is 0 Å². The first kappa shape index (κ1) is 11.9. The van der Waals surface area contributed by atoms with Gasteiger partial charge in [0.15, 0.2) is 0 Å². The zero-order chi connectivity index (χ0) is 35.4. The highest BCUT2D eigenvalue weighted by atomic mass is 79.9. The molecule has 1 aliphatic heterocycles. The highest BCUT2D eigenvalue weighted by Crippen LogP contribution is 2.46. The Morgan fingerprint density at radius 2 is 1.34 bits per heavy atom. The Kier molecular flexibility index (Phi) is 2.42. The van der Waals surface area contributed by atoms with Gasteiger partial charge in [-0.25, -0.2) is 0 Å². The summed E-state index contributed by atoms with van der Waals surface area (Å²) in [5, 5.41) is 0.150. The summed E-state index contributed by atoms with van der Waals surface area (Å²) in [4.78, 5) is 0. The predicted octanol–water partition coefficient (Wildman–Crippen LogP) is 7.59. The fourth-order valence-electron chi connectivity index (χ4n) is 4.82. The summed E-state index contributed by atoms with van der Waals surface area (Å²) >= 11 is 3.53. The Morgan fingerprint density at radius 3 is 2.06 bits per heavy atom. The van der Waals surface area contributed by atoms with E-state index in [2.05, 4.69) is 15.9 Å². The van der Waals surface area contributed by atoms with E-state index in [1.54, 1.807) is 27.7 Å². The number of hydrogen-bond acceptors (Lipinski definition) is 2. The van der Waals surface area contributed by atoms with Gasteiger partial charge in [-0.15, -0.1) is 0 Å². The van der Waals surface area contributed by atoms with Crippen LogP contribution in [0.2, 0.25) is 0 Å². The molecule has 0 N–H and O–H groups in total. The first-order chi connectivity index (χ1) is 22.2. The van der Waals surface area contributed by atoms with Crippen LogP contribution in [0.25, 0.3) is 49.0 Å². The summed E-state index contributed by atoms with van der Waals surface area (Å²) in [6, 6.07) is -7.28. The number of fused-ring (bicyclic) bond motifs is 3. The molecule has 0 radical (unpaired) electrons. The summed E-state index contributed by atoms with van der Waals surface area (Å²) in [6.45, 7) is 7.21. The molecular formula is C30H25BBrNO2. The lowest BCUT2D eigenvalue weighted by Gasteiger charge is -2.32. The molecule has 35 heavy (non-hydrogen) atoms. The van der Waals surface area contributed by atoms with Crippen molar-refractivity contribution in [3.63, 3.8) is 0 Å². The van der Waals surface area contributed by atoms with Crippen LogP contribution in [0, 0.1) is 0 Å². The van der Waals surface area contributed by atoms with E-state index in [0.29, 0.717) is 0 Å². The van der Waals surface area contributed by atoms with Crippen molar-refractivity contribution in [1.82, 2.24) is 4.57 Å². The number of benzene rings is 5. The van der Waals surface area contributed by atoms with Gasteiger partial charge >= 0.3 is 7.12 Å². The van der Waals surface area contributed by atoms with Crippen molar-refractivity contribution in [2.24, 2.45) is 0 Å². The van der Waals surface area contributed by atoms with Crippen LogP contribution < -0.4 is 5.46 Å². The van der Waals surface area contributed by atoms with Crippen LogP contribution in [0.4, 0.5) is 0 Å². The fourth-order valence-corrected chi connectivity index (χ4v) is 5.43. The van der Waals surface area contributed by atoms with Gasteiger partial charge < -0.3 is 13.9 Å². The maximum absolute atomic E-state index is 9.49. The normalized spacial score (nSPS) is 22.7. The Morgan fingerprint density at radius 1 is 0.743 bits per heavy atom. The molecule has 5 heteroatoms. The Labute approximate surface area is 231 Å². The van der Waals surface area contributed by atoms with Crippen LogP contribution in [0.5, 0.6) is 0 Å². The minimum absolute atomic E-state index is 0.0167. The minimum atomic E-state index is -1.27. The van der Waals surface area contributed by atoms with Gasteiger partial charge in [0, 0.05) is 31.8 Å². The molecule has 7 rings (SSSR count). The third kappa shape index (κ3) is 2.80. The lowest BCUT2D eigenvalue weighted by Crippen LogP contribution is -2.41. The van der Waals surface area contributed by atoms with Gasteiger partial charge in [0.25, 0.3) is 0 Å². The first-order valence-corrected chi connectivity index (χ1v) is 11.8. The topological polar surface area (TPSA) is 23.4 Å². The summed E-state index contributed by atoms with van der Waals surface area (Å²) < 4.78 is 129. The van der Waals surface area contributed by atoms with E-state index in [-0.39, 0.29) is 59.3 Å². The lowest BCUT2D eigenvalue weighted by molar-refractivity contribution is 0.00578. The van der Waals surface area contributed by atoms with Crippen LogP contribution in [0.15, 0.2) is 83.0 Å². The van der Waals surface area contributed by atoms with Crippen molar-refractivity contribution in [3.05, 3.63) is 83.0 Å². The summed E-state index contributed by atoms with van der Waals surface area (Å²) in [5.41, 5.74) is -2.29. The molecule has 172 valence electrons. The molecule has 1 aromatic heterocycles. The number of aromatic nitrogens is 1. The van der Waals surface area contributed by atoms with E-state index in [1.165, 1.54) is 4.57 Å². The molecule has 1 aliphatic rings. The average Bonchev–Trinajstić information content (AvgIpc) is 3.46. The second-order valence-electron chi connectivity index (χ2n) is 9.57. The van der Waals surface area contributed by atoms with Crippen LogP contribution in [0.1, 0.15) is 45.5 Å². The van der Waals surface area contributed by atoms with Gasteiger partial charge in [0.2, 0.25) is 0 Å². The molecule has 2 heterocycles. The average molecular weight is 535 g/mol. The van der Waals surface area contributed by atoms with E-state index in [9.17, 15) is 1.37 Å². The van der Waals surface area contributed by atoms with Crippen molar-refractivity contribution in [2.75, 3.05) is 0 Å². The van der Waals surface area contributed by atoms with E-state index >= 15 is 0 Å². The Balaban J connectivity index is 1.92. The Bertz CT molecular complexity index is 2430. The highest BCUT2D eigenvalue weighted by Gasteiger charge is 2.52. The van der Waals surface area contributed by atoms with E-state index in [0.717, 1.165) is 0 Å². The van der Waals surface area contributed by atoms with Crippen molar-refractivity contribution < 1.29 is 27.1 Å². The molecule has 6 aromatic rings. The molecule has 0 amide bonds. The van der Waals surface area contributed by atoms with Gasteiger partial charge in [-0.05, 0) is 68.0 Å². The van der Waals surface area contributed by atoms with Crippen LogP contribution in [0.3, 0.4) is 0 Å². The second-order valence-corrected chi connectivity index (χ2v) is 10.4. The number of rotatable bonds is 2. The molecule has 3 nitrogen and oxygen atoms in total. The number of para-hydroxylation sites is 1. The lowest BCUT2D eigenvalue weighted by atomic mass is 9.76. The van der Waals surface area contributed by atoms with E-state index in [4.69, 9.17) is 25.8 Å². The Hall–Kier alpha value is -2.86. The smallest absolute Gasteiger partial charge is 0.399 e. The second kappa shape index (κ2) is 7.10. The predicted molar refractivity (Wildman–Crippen MR) is 150 cm³/mol. The van der Waals surface area contributed by atoms with Crippen LogP contribution >= 0.6 is 15.9 Å². The molecule has 0 saturated carbocycles. The standard InChI is InChI=1S/C30H25BBrNO2/c1-29(2)30(3,4)35-31(34-29)22-17-23(32)25-20-14-9-8-13-19(20)21-15-10-16-24-26(21)27(25)28(22)33(24)18-11-6-5-7-12-18/h5-17H,1-4H3/i5D,6D,7D,8D,9D,10D,11D,12D,13D,14D,15D,16D,17D. The van der Waals surface area contributed by atoms with E-state index in [1.807, 2.05) is 0 Å². The zero-order valence-electron chi connectivity index (χ0n) is 32.2. The fraction of sp³-hybridized carbons (Fsp3) is 0.200. The maximum atomic E-state index is 9.49. The number of halogens is 1. The third-order valence-electron chi connectivity index (χ3n) is 7.15. The van der Waals surface area contributed by atoms with Crippen molar-refractivity contribution >= 4 is 71.9 Å². The van der Waals surface area contributed by atoms with Gasteiger partial charge in [-0.1, -0.05) is 70.3 Å².